The lowest BCUT2D eigenvalue weighted by Gasteiger charge is -2.34. The second-order valence-corrected chi connectivity index (χ2v) is 8.79. The largest absolute Gasteiger partial charge is 0.493 e. The highest BCUT2D eigenvalue weighted by Gasteiger charge is 2.32. The van der Waals surface area contributed by atoms with Crippen LogP contribution in [0.1, 0.15) is 10.4 Å². The number of nitrogen functional groups attached to an aromatic ring is 1. The van der Waals surface area contributed by atoms with Crippen LogP contribution in [0.25, 0.3) is 0 Å². The Morgan fingerprint density at radius 2 is 1.72 bits per heavy atom. The maximum Gasteiger partial charge on any atom is 0.295 e. The summed E-state index contributed by atoms with van der Waals surface area (Å²) in [6.07, 6.45) is 0. The molecule has 0 bridgehead atoms. The first-order chi connectivity index (χ1) is 15.1. The number of carbonyl (C=O) groups excluding carboxylic acids is 1. The van der Waals surface area contributed by atoms with Gasteiger partial charge in [0.05, 0.1) is 35.7 Å². The van der Waals surface area contributed by atoms with Crippen molar-refractivity contribution in [2.24, 2.45) is 0 Å². The van der Waals surface area contributed by atoms with Gasteiger partial charge in [0, 0.05) is 32.2 Å². The van der Waals surface area contributed by atoms with E-state index in [-0.39, 0.29) is 42.4 Å². The zero-order valence-electron chi connectivity index (χ0n) is 17.3. The Kier molecular flexibility index (Phi) is 6.50. The van der Waals surface area contributed by atoms with E-state index in [1.807, 2.05) is 0 Å². The molecule has 0 radical (unpaired) electrons. The normalized spacial score (nSPS) is 14.8. The molecule has 11 nitrogen and oxygen atoms in total. The summed E-state index contributed by atoms with van der Waals surface area (Å²) in [6, 6.07) is 5.68. The molecule has 0 aromatic heterocycles. The molecular formula is C19H21FN4O7S. The molecule has 1 fully saturated rings. The van der Waals surface area contributed by atoms with Crippen molar-refractivity contribution in [3.63, 3.8) is 0 Å². The number of hydrogen-bond acceptors (Lipinski definition) is 8. The molecule has 3 rings (SSSR count). The molecule has 0 spiro atoms. The number of halogens is 1. The predicted molar refractivity (Wildman–Crippen MR) is 112 cm³/mol. The van der Waals surface area contributed by atoms with Crippen LogP contribution >= 0.6 is 0 Å². The number of benzene rings is 2. The summed E-state index contributed by atoms with van der Waals surface area (Å²) in [5.74, 6) is -1.05. The van der Waals surface area contributed by atoms with Gasteiger partial charge in [-0.15, -0.1) is 0 Å². The minimum atomic E-state index is -3.88. The molecule has 2 aromatic rings. The Labute approximate surface area is 183 Å². The third kappa shape index (κ3) is 4.29. The van der Waals surface area contributed by atoms with Crippen molar-refractivity contribution in [2.75, 3.05) is 46.1 Å². The van der Waals surface area contributed by atoms with E-state index in [2.05, 4.69) is 0 Å². The van der Waals surface area contributed by atoms with Crippen LogP contribution in [0.15, 0.2) is 35.2 Å². The molecule has 2 N–H and O–H groups in total. The number of anilines is 1. The fourth-order valence-electron chi connectivity index (χ4n) is 3.36. The molecule has 0 aliphatic carbocycles. The SMILES string of the molecule is COc1ccc(S(=O)(=O)N2CCN(C(=O)c3cc(F)cc([N+](=O)[O-])c3N)CC2)cc1OC. The Morgan fingerprint density at radius 1 is 1.09 bits per heavy atom. The number of sulfonamides is 1. The lowest BCUT2D eigenvalue weighted by Crippen LogP contribution is -2.50. The summed E-state index contributed by atoms with van der Waals surface area (Å²) in [4.78, 5) is 24.2. The highest BCUT2D eigenvalue weighted by atomic mass is 32.2. The molecule has 13 heteroatoms. The molecule has 0 unspecified atom stereocenters. The van der Waals surface area contributed by atoms with E-state index in [9.17, 15) is 27.7 Å². The standard InChI is InChI=1S/C19H21FN4O7S/c1-30-16-4-3-13(11-17(16)31-2)32(28,29)23-7-5-22(6-8-23)19(25)14-9-12(20)10-15(18(14)21)24(26)27/h3-4,9-11H,5-8,21H2,1-2H3. The number of carbonyl (C=O) groups is 1. The van der Waals surface area contributed by atoms with E-state index in [1.54, 1.807) is 0 Å². The Bertz CT molecular complexity index is 1160. The van der Waals surface area contributed by atoms with E-state index < -0.39 is 38.0 Å². The van der Waals surface area contributed by atoms with Crippen LogP contribution in [0.3, 0.4) is 0 Å². The number of amides is 1. The number of hydrogen-bond donors (Lipinski definition) is 1. The van der Waals surface area contributed by atoms with Gasteiger partial charge >= 0.3 is 0 Å². The molecular weight excluding hydrogens is 447 g/mol. The molecule has 32 heavy (non-hydrogen) atoms. The van der Waals surface area contributed by atoms with Crippen molar-refractivity contribution < 1.29 is 32.0 Å². The number of rotatable bonds is 6. The smallest absolute Gasteiger partial charge is 0.295 e. The first-order valence-electron chi connectivity index (χ1n) is 9.35. The average Bonchev–Trinajstić information content (AvgIpc) is 2.79. The average molecular weight is 468 g/mol. The van der Waals surface area contributed by atoms with Gasteiger partial charge in [0.2, 0.25) is 10.0 Å². The monoisotopic (exact) mass is 468 g/mol. The van der Waals surface area contributed by atoms with Gasteiger partial charge in [-0.1, -0.05) is 0 Å². The molecule has 1 amide bonds. The highest BCUT2D eigenvalue weighted by molar-refractivity contribution is 7.89. The summed E-state index contributed by atoms with van der Waals surface area (Å²) in [5, 5.41) is 11.0. The summed E-state index contributed by atoms with van der Waals surface area (Å²) >= 11 is 0. The predicted octanol–water partition coefficient (Wildman–Crippen LogP) is 1.48. The van der Waals surface area contributed by atoms with Gasteiger partial charge in [-0.2, -0.15) is 4.31 Å². The van der Waals surface area contributed by atoms with E-state index in [1.165, 1.54) is 41.6 Å². The Balaban J connectivity index is 1.78. The number of piperazine rings is 1. The van der Waals surface area contributed by atoms with E-state index >= 15 is 0 Å². The number of nitrogens with two attached hydrogens (primary N) is 1. The summed E-state index contributed by atoms with van der Waals surface area (Å²) in [6.45, 7) is -0.0658. The number of methoxy groups -OCH3 is 2. The van der Waals surface area contributed by atoms with Gasteiger partial charge < -0.3 is 20.1 Å². The molecule has 2 aromatic carbocycles. The van der Waals surface area contributed by atoms with E-state index in [0.717, 1.165) is 6.07 Å². The Hall–Kier alpha value is -3.45. The van der Waals surface area contributed by atoms with Crippen LogP contribution in [0.5, 0.6) is 11.5 Å². The first kappa shape index (κ1) is 23.2. The molecule has 1 aliphatic rings. The lowest BCUT2D eigenvalue weighted by molar-refractivity contribution is -0.384. The number of nitro groups is 1. The fourth-order valence-corrected chi connectivity index (χ4v) is 4.80. The second-order valence-electron chi connectivity index (χ2n) is 6.86. The van der Waals surface area contributed by atoms with Crippen LogP contribution in [0, 0.1) is 15.9 Å². The fraction of sp³-hybridized carbons (Fsp3) is 0.316. The minimum absolute atomic E-state index is 0.0000683. The quantitative estimate of drug-likeness (QED) is 0.381. The topological polar surface area (TPSA) is 145 Å². The second kappa shape index (κ2) is 8.96. The van der Waals surface area contributed by atoms with E-state index in [0.29, 0.717) is 11.8 Å². The van der Waals surface area contributed by atoms with Crippen molar-refractivity contribution in [3.05, 3.63) is 51.8 Å². The van der Waals surface area contributed by atoms with Crippen LogP contribution in [-0.2, 0) is 10.0 Å². The number of nitro benzene ring substituents is 1. The molecule has 1 aliphatic heterocycles. The molecule has 0 saturated carbocycles. The van der Waals surface area contributed by atoms with Crippen LogP contribution in [-0.4, -0.2) is 68.9 Å². The maximum atomic E-state index is 13.8. The molecule has 1 heterocycles. The summed E-state index contributed by atoms with van der Waals surface area (Å²) < 4.78 is 51.3. The minimum Gasteiger partial charge on any atom is -0.493 e. The van der Waals surface area contributed by atoms with Gasteiger partial charge in [-0.3, -0.25) is 14.9 Å². The van der Waals surface area contributed by atoms with E-state index in [4.69, 9.17) is 15.2 Å². The molecule has 1 saturated heterocycles. The van der Waals surface area contributed by atoms with Crippen LogP contribution in [0.4, 0.5) is 15.8 Å². The van der Waals surface area contributed by atoms with Gasteiger partial charge in [-0.25, -0.2) is 12.8 Å². The van der Waals surface area contributed by atoms with Gasteiger partial charge in [0.15, 0.2) is 11.5 Å². The maximum absolute atomic E-state index is 13.8. The molecule has 172 valence electrons. The first-order valence-corrected chi connectivity index (χ1v) is 10.8. The van der Waals surface area contributed by atoms with Crippen molar-refractivity contribution >= 4 is 27.3 Å². The van der Waals surface area contributed by atoms with Crippen molar-refractivity contribution in [3.8, 4) is 11.5 Å². The zero-order chi connectivity index (χ0) is 23.6. The van der Waals surface area contributed by atoms with Gasteiger partial charge in [0.1, 0.15) is 11.5 Å². The van der Waals surface area contributed by atoms with Gasteiger partial charge in [-0.05, 0) is 18.2 Å². The third-order valence-corrected chi connectivity index (χ3v) is 6.96. The lowest BCUT2D eigenvalue weighted by atomic mass is 10.1. The van der Waals surface area contributed by atoms with Crippen molar-refractivity contribution in [1.82, 2.24) is 9.21 Å². The van der Waals surface area contributed by atoms with Gasteiger partial charge in [0.25, 0.3) is 11.6 Å². The third-order valence-electron chi connectivity index (χ3n) is 5.07. The Morgan fingerprint density at radius 3 is 2.28 bits per heavy atom. The van der Waals surface area contributed by atoms with Crippen molar-refractivity contribution in [2.45, 2.75) is 4.90 Å². The molecule has 0 atom stereocenters. The zero-order valence-corrected chi connectivity index (χ0v) is 18.1. The van der Waals surface area contributed by atoms with Crippen LogP contribution < -0.4 is 15.2 Å². The summed E-state index contributed by atoms with van der Waals surface area (Å²) in [5.41, 5.74) is 4.21. The summed E-state index contributed by atoms with van der Waals surface area (Å²) in [7, 11) is -1.06. The highest BCUT2D eigenvalue weighted by Crippen LogP contribution is 2.31. The van der Waals surface area contributed by atoms with Crippen LogP contribution in [0.2, 0.25) is 0 Å². The number of nitrogens with zero attached hydrogens (tertiary/aromatic N) is 3. The van der Waals surface area contributed by atoms with Crippen molar-refractivity contribution in [1.29, 1.82) is 0 Å². The number of ether oxygens (including phenoxy) is 2.